The lowest BCUT2D eigenvalue weighted by Crippen LogP contribution is -2.37. The molecule has 10 heteroatoms. The van der Waals surface area contributed by atoms with Crippen LogP contribution in [0.2, 0.25) is 0 Å². The second-order valence-electron chi connectivity index (χ2n) is 7.76. The maximum atomic E-state index is 13.0. The summed E-state index contributed by atoms with van der Waals surface area (Å²) in [5, 5.41) is 3.39. The predicted molar refractivity (Wildman–Crippen MR) is 124 cm³/mol. The van der Waals surface area contributed by atoms with Crippen molar-refractivity contribution in [2.24, 2.45) is 14.1 Å². The first-order chi connectivity index (χ1) is 15.0. The van der Waals surface area contributed by atoms with Crippen molar-refractivity contribution in [3.63, 3.8) is 0 Å². The summed E-state index contributed by atoms with van der Waals surface area (Å²) < 4.78 is 10.8. The summed E-state index contributed by atoms with van der Waals surface area (Å²) in [6.45, 7) is 5.64. The SMILES string of the molecule is Cn1c(=O)c2c(nc(NCCCN3CCOCC3)n2Cc2cccc(Br)c2)n(C)c1=O. The van der Waals surface area contributed by atoms with Gasteiger partial charge in [-0.15, -0.1) is 0 Å². The van der Waals surface area contributed by atoms with Gasteiger partial charge < -0.3 is 10.1 Å². The van der Waals surface area contributed by atoms with Crippen molar-refractivity contribution < 1.29 is 4.74 Å². The number of aromatic nitrogens is 4. The number of rotatable bonds is 7. The highest BCUT2D eigenvalue weighted by Gasteiger charge is 2.19. The molecule has 9 nitrogen and oxygen atoms in total. The molecule has 1 aliphatic heterocycles. The second kappa shape index (κ2) is 9.37. The third-order valence-electron chi connectivity index (χ3n) is 5.62. The monoisotopic (exact) mass is 490 g/mol. The van der Waals surface area contributed by atoms with Crippen LogP contribution in [0, 0.1) is 0 Å². The van der Waals surface area contributed by atoms with E-state index in [0.29, 0.717) is 30.2 Å². The third-order valence-corrected chi connectivity index (χ3v) is 6.11. The van der Waals surface area contributed by atoms with Crippen LogP contribution in [0.3, 0.4) is 0 Å². The Morgan fingerprint density at radius 2 is 1.94 bits per heavy atom. The number of benzene rings is 1. The Bertz CT molecular complexity index is 1190. The van der Waals surface area contributed by atoms with E-state index in [1.54, 1.807) is 7.05 Å². The Labute approximate surface area is 188 Å². The fourth-order valence-corrected chi connectivity index (χ4v) is 4.33. The Balaban J connectivity index is 1.64. The van der Waals surface area contributed by atoms with E-state index in [9.17, 15) is 9.59 Å². The summed E-state index contributed by atoms with van der Waals surface area (Å²) in [7, 11) is 3.14. The Hall–Kier alpha value is -2.43. The lowest BCUT2D eigenvalue weighted by molar-refractivity contribution is 0.0378. The molecule has 2 aromatic heterocycles. The summed E-state index contributed by atoms with van der Waals surface area (Å²) in [5.74, 6) is 0.593. The molecule has 0 bridgehead atoms. The maximum Gasteiger partial charge on any atom is 0.332 e. The molecule has 3 aromatic rings. The summed E-state index contributed by atoms with van der Waals surface area (Å²) in [4.78, 5) is 32.4. The van der Waals surface area contributed by atoms with Gasteiger partial charge >= 0.3 is 5.69 Å². The second-order valence-corrected chi connectivity index (χ2v) is 8.68. The molecule has 0 unspecified atom stereocenters. The van der Waals surface area contributed by atoms with Gasteiger partial charge in [-0.1, -0.05) is 28.1 Å². The molecule has 1 saturated heterocycles. The molecule has 3 heterocycles. The lowest BCUT2D eigenvalue weighted by atomic mass is 10.2. The quantitative estimate of drug-likeness (QED) is 0.503. The molecule has 1 aromatic carbocycles. The van der Waals surface area contributed by atoms with Crippen LogP contribution >= 0.6 is 15.9 Å². The van der Waals surface area contributed by atoms with E-state index in [-0.39, 0.29) is 11.2 Å². The molecule has 4 rings (SSSR count). The van der Waals surface area contributed by atoms with Crippen LogP contribution in [0.5, 0.6) is 0 Å². The van der Waals surface area contributed by atoms with Crippen LogP contribution in [0.15, 0.2) is 38.3 Å². The molecule has 0 atom stereocenters. The van der Waals surface area contributed by atoms with E-state index < -0.39 is 0 Å². The smallest absolute Gasteiger partial charge is 0.332 e. The number of halogens is 1. The normalized spacial score (nSPS) is 14.9. The fraction of sp³-hybridized carbons (Fsp3) is 0.476. The van der Waals surface area contributed by atoms with Gasteiger partial charge in [0.25, 0.3) is 5.56 Å². The van der Waals surface area contributed by atoms with Gasteiger partial charge in [0, 0.05) is 38.2 Å². The van der Waals surface area contributed by atoms with Gasteiger partial charge in [0.05, 0.1) is 19.8 Å². The Kier molecular flexibility index (Phi) is 6.59. The van der Waals surface area contributed by atoms with Crippen LogP contribution in [0.25, 0.3) is 11.2 Å². The molecule has 1 aliphatic rings. The van der Waals surface area contributed by atoms with Gasteiger partial charge in [-0.2, -0.15) is 4.98 Å². The number of ether oxygens (including phenoxy) is 1. The van der Waals surface area contributed by atoms with Crippen LogP contribution in [0.4, 0.5) is 5.95 Å². The van der Waals surface area contributed by atoms with Gasteiger partial charge in [0.1, 0.15) is 0 Å². The number of morpholine rings is 1. The molecule has 0 saturated carbocycles. The molecule has 0 amide bonds. The van der Waals surface area contributed by atoms with Gasteiger partial charge in [-0.25, -0.2) is 4.79 Å². The van der Waals surface area contributed by atoms with Crippen LogP contribution in [0.1, 0.15) is 12.0 Å². The van der Waals surface area contributed by atoms with Gasteiger partial charge in [0.15, 0.2) is 11.2 Å². The third kappa shape index (κ3) is 4.60. The number of nitrogens with zero attached hydrogens (tertiary/aromatic N) is 5. The zero-order valence-corrected chi connectivity index (χ0v) is 19.4. The van der Waals surface area contributed by atoms with E-state index in [1.165, 1.54) is 11.6 Å². The molecule has 1 N–H and O–H groups in total. The number of nitrogens with one attached hydrogen (secondary N) is 1. The van der Waals surface area contributed by atoms with Crippen molar-refractivity contribution in [2.75, 3.05) is 44.7 Å². The maximum absolute atomic E-state index is 13.0. The van der Waals surface area contributed by atoms with Crippen LogP contribution < -0.4 is 16.6 Å². The minimum atomic E-state index is -0.386. The highest BCUT2D eigenvalue weighted by Crippen LogP contribution is 2.20. The number of fused-ring (bicyclic) bond motifs is 1. The molecule has 0 radical (unpaired) electrons. The summed E-state index contributed by atoms with van der Waals surface area (Å²) in [6.07, 6.45) is 0.941. The van der Waals surface area contributed by atoms with Crippen molar-refractivity contribution in [1.82, 2.24) is 23.6 Å². The summed E-state index contributed by atoms with van der Waals surface area (Å²) in [6, 6.07) is 7.94. The minimum Gasteiger partial charge on any atom is -0.379 e. The predicted octanol–water partition coefficient (Wildman–Crippen LogP) is 1.38. The molecule has 1 fully saturated rings. The molecule has 0 aliphatic carbocycles. The zero-order chi connectivity index (χ0) is 22.0. The molecule has 31 heavy (non-hydrogen) atoms. The first-order valence-electron chi connectivity index (χ1n) is 10.4. The summed E-state index contributed by atoms with van der Waals surface area (Å²) >= 11 is 3.51. The number of anilines is 1. The van der Waals surface area contributed by atoms with Crippen LogP contribution in [-0.4, -0.2) is 63.0 Å². The van der Waals surface area contributed by atoms with Crippen molar-refractivity contribution in [1.29, 1.82) is 0 Å². The summed E-state index contributed by atoms with van der Waals surface area (Å²) in [5.41, 5.74) is 1.10. The minimum absolute atomic E-state index is 0.345. The van der Waals surface area contributed by atoms with Crippen molar-refractivity contribution in [3.8, 4) is 0 Å². The van der Waals surface area contributed by atoms with Gasteiger partial charge in [0.2, 0.25) is 5.95 Å². The van der Waals surface area contributed by atoms with Gasteiger partial charge in [-0.05, 0) is 30.7 Å². The average molecular weight is 491 g/mol. The Morgan fingerprint density at radius 1 is 1.16 bits per heavy atom. The van der Waals surface area contributed by atoms with Crippen molar-refractivity contribution in [2.45, 2.75) is 13.0 Å². The van der Waals surface area contributed by atoms with E-state index in [4.69, 9.17) is 4.74 Å². The highest BCUT2D eigenvalue weighted by atomic mass is 79.9. The van der Waals surface area contributed by atoms with Crippen molar-refractivity contribution >= 4 is 33.0 Å². The fourth-order valence-electron chi connectivity index (χ4n) is 3.88. The molecule has 0 spiro atoms. The first-order valence-corrected chi connectivity index (χ1v) is 11.2. The largest absolute Gasteiger partial charge is 0.379 e. The highest BCUT2D eigenvalue weighted by molar-refractivity contribution is 9.10. The van der Waals surface area contributed by atoms with E-state index >= 15 is 0 Å². The standard InChI is InChI=1S/C21H27BrN6O3/c1-25-18-17(19(29)26(2)21(25)30)28(14-15-5-3-6-16(22)13-15)20(24-18)23-7-4-8-27-9-11-31-12-10-27/h3,5-6,13H,4,7-12,14H2,1-2H3,(H,23,24). The first kappa shape index (κ1) is 21.8. The zero-order valence-electron chi connectivity index (χ0n) is 17.8. The van der Waals surface area contributed by atoms with E-state index in [2.05, 4.69) is 31.1 Å². The molecule has 166 valence electrons. The van der Waals surface area contributed by atoms with E-state index in [1.807, 2.05) is 28.8 Å². The number of hydrogen-bond acceptors (Lipinski definition) is 6. The topological polar surface area (TPSA) is 86.3 Å². The van der Waals surface area contributed by atoms with Crippen molar-refractivity contribution in [3.05, 3.63) is 55.1 Å². The molecular weight excluding hydrogens is 464 g/mol. The number of imidazole rings is 1. The van der Waals surface area contributed by atoms with Crippen LogP contribution in [-0.2, 0) is 25.4 Å². The Morgan fingerprint density at radius 3 is 2.68 bits per heavy atom. The molecular formula is C21H27BrN6O3. The van der Waals surface area contributed by atoms with Gasteiger partial charge in [-0.3, -0.25) is 23.4 Å². The average Bonchev–Trinajstić information content (AvgIpc) is 3.13. The number of hydrogen-bond donors (Lipinski definition) is 1. The lowest BCUT2D eigenvalue weighted by Gasteiger charge is -2.26. The number of aryl methyl sites for hydroxylation is 1. The van der Waals surface area contributed by atoms with E-state index in [0.717, 1.165) is 53.9 Å².